The molecule has 0 spiro atoms. The fourth-order valence-corrected chi connectivity index (χ4v) is 3.17. The molecule has 0 aliphatic heterocycles. The van der Waals surface area contributed by atoms with E-state index in [1.54, 1.807) is 17.0 Å². The molecule has 0 saturated carbocycles. The molecule has 0 heterocycles. The Morgan fingerprint density at radius 2 is 1.62 bits per heavy atom. The minimum Gasteiger partial charge on any atom is -0.484 e. The van der Waals surface area contributed by atoms with Gasteiger partial charge in [-0.15, -0.1) is 0 Å². The Hall–Kier alpha value is -2.53. The molecule has 156 valence electrons. The van der Waals surface area contributed by atoms with Gasteiger partial charge in [0.2, 0.25) is 5.91 Å². The van der Waals surface area contributed by atoms with Gasteiger partial charge >= 0.3 is 0 Å². The van der Waals surface area contributed by atoms with Crippen LogP contribution in [0.25, 0.3) is 0 Å². The van der Waals surface area contributed by atoms with E-state index in [2.05, 4.69) is 12.2 Å². The fraction of sp³-hybridized carbons (Fsp3) is 0.391. The number of carbonyl (C=O) groups excluding carboxylic acids is 2. The van der Waals surface area contributed by atoms with Crippen LogP contribution < -0.4 is 10.1 Å². The van der Waals surface area contributed by atoms with Gasteiger partial charge in [-0.05, 0) is 55.2 Å². The second-order valence-electron chi connectivity index (χ2n) is 6.75. The third-order valence-electron chi connectivity index (χ3n) is 4.70. The molecular formula is C23H29ClN2O3. The van der Waals surface area contributed by atoms with Crippen molar-refractivity contribution in [2.45, 2.75) is 46.2 Å². The molecule has 0 saturated heterocycles. The summed E-state index contributed by atoms with van der Waals surface area (Å²) in [6.45, 7) is 6.53. The Morgan fingerprint density at radius 3 is 2.17 bits per heavy atom. The molecule has 0 aliphatic rings. The zero-order valence-electron chi connectivity index (χ0n) is 17.3. The number of nitrogens with one attached hydrogen (secondary N) is 1. The molecule has 2 aromatic carbocycles. The molecule has 0 aliphatic carbocycles. The van der Waals surface area contributed by atoms with Crippen LogP contribution in [0.15, 0.2) is 48.5 Å². The van der Waals surface area contributed by atoms with E-state index in [4.69, 9.17) is 16.3 Å². The van der Waals surface area contributed by atoms with Gasteiger partial charge in [0.15, 0.2) is 6.61 Å². The molecule has 0 fully saturated rings. The summed E-state index contributed by atoms with van der Waals surface area (Å²) in [6.07, 6.45) is 1.45. The maximum Gasteiger partial charge on any atom is 0.261 e. The van der Waals surface area contributed by atoms with Crippen LogP contribution in [0.4, 0.5) is 0 Å². The predicted molar refractivity (Wildman–Crippen MR) is 116 cm³/mol. The molecule has 0 unspecified atom stereocenters. The predicted octanol–water partition coefficient (Wildman–Crippen LogP) is 4.22. The zero-order valence-corrected chi connectivity index (χ0v) is 18.0. The van der Waals surface area contributed by atoms with Gasteiger partial charge in [-0.2, -0.15) is 0 Å². The number of hydrogen-bond donors (Lipinski definition) is 1. The van der Waals surface area contributed by atoms with Crippen molar-refractivity contribution in [1.82, 2.24) is 10.2 Å². The Kier molecular flexibility index (Phi) is 9.00. The minimum absolute atomic E-state index is 0.130. The molecule has 2 aromatic rings. The van der Waals surface area contributed by atoms with Crippen molar-refractivity contribution in [2.24, 2.45) is 0 Å². The summed E-state index contributed by atoms with van der Waals surface area (Å²) in [6, 6.07) is 14.4. The van der Waals surface area contributed by atoms with Gasteiger partial charge in [-0.3, -0.25) is 9.59 Å². The number of rotatable bonds is 10. The van der Waals surface area contributed by atoms with E-state index >= 15 is 0 Å². The highest BCUT2D eigenvalue weighted by Crippen LogP contribution is 2.17. The SMILES string of the molecule is CCNC(=O)[C@@H](CC)N(Cc1ccc(Cl)cc1)C(=O)COc1ccc(CC)cc1. The maximum absolute atomic E-state index is 13.0. The van der Waals surface area contributed by atoms with E-state index in [9.17, 15) is 9.59 Å². The molecule has 0 bridgehead atoms. The highest BCUT2D eigenvalue weighted by molar-refractivity contribution is 6.30. The van der Waals surface area contributed by atoms with Crippen molar-refractivity contribution < 1.29 is 14.3 Å². The van der Waals surface area contributed by atoms with Gasteiger partial charge in [-0.25, -0.2) is 0 Å². The monoisotopic (exact) mass is 416 g/mol. The Labute approximate surface area is 178 Å². The smallest absolute Gasteiger partial charge is 0.261 e. The first-order chi connectivity index (χ1) is 14.0. The number of benzene rings is 2. The first-order valence-corrected chi connectivity index (χ1v) is 10.4. The second-order valence-corrected chi connectivity index (χ2v) is 7.19. The van der Waals surface area contributed by atoms with Crippen LogP contribution in [0.3, 0.4) is 0 Å². The quantitative estimate of drug-likeness (QED) is 0.630. The number of halogens is 1. The van der Waals surface area contributed by atoms with Gasteiger partial charge in [-0.1, -0.05) is 49.7 Å². The summed E-state index contributed by atoms with van der Waals surface area (Å²) < 4.78 is 5.70. The molecule has 5 nitrogen and oxygen atoms in total. The largest absolute Gasteiger partial charge is 0.484 e. The van der Waals surface area contributed by atoms with Crippen molar-refractivity contribution >= 4 is 23.4 Å². The molecule has 1 N–H and O–H groups in total. The van der Waals surface area contributed by atoms with Crippen LogP contribution in [0.5, 0.6) is 5.75 Å². The number of hydrogen-bond acceptors (Lipinski definition) is 3. The lowest BCUT2D eigenvalue weighted by atomic mass is 10.1. The number of ether oxygens (including phenoxy) is 1. The van der Waals surface area contributed by atoms with Crippen molar-refractivity contribution in [1.29, 1.82) is 0 Å². The van der Waals surface area contributed by atoms with Crippen LogP contribution in [-0.2, 0) is 22.6 Å². The summed E-state index contributed by atoms with van der Waals surface area (Å²) in [5, 5.41) is 3.44. The van der Waals surface area contributed by atoms with Gasteiger partial charge < -0.3 is 15.0 Å². The number of carbonyl (C=O) groups is 2. The van der Waals surface area contributed by atoms with E-state index in [0.717, 1.165) is 12.0 Å². The van der Waals surface area contributed by atoms with E-state index in [1.165, 1.54) is 5.56 Å². The number of aryl methyl sites for hydroxylation is 1. The highest BCUT2D eigenvalue weighted by Gasteiger charge is 2.28. The van der Waals surface area contributed by atoms with E-state index < -0.39 is 6.04 Å². The second kappa shape index (κ2) is 11.5. The van der Waals surface area contributed by atoms with Gasteiger partial charge in [0.1, 0.15) is 11.8 Å². The van der Waals surface area contributed by atoms with Crippen LogP contribution in [-0.4, -0.2) is 35.9 Å². The molecular weight excluding hydrogens is 388 g/mol. The van der Waals surface area contributed by atoms with Crippen LogP contribution in [0.1, 0.15) is 38.3 Å². The molecule has 6 heteroatoms. The lowest BCUT2D eigenvalue weighted by Gasteiger charge is -2.30. The lowest BCUT2D eigenvalue weighted by Crippen LogP contribution is -2.50. The molecule has 29 heavy (non-hydrogen) atoms. The summed E-state index contributed by atoms with van der Waals surface area (Å²) >= 11 is 5.97. The highest BCUT2D eigenvalue weighted by atomic mass is 35.5. The summed E-state index contributed by atoms with van der Waals surface area (Å²) in [4.78, 5) is 27.1. The molecule has 2 amide bonds. The zero-order chi connectivity index (χ0) is 21.2. The number of nitrogens with zero attached hydrogens (tertiary/aromatic N) is 1. The van der Waals surface area contributed by atoms with Gasteiger partial charge in [0.25, 0.3) is 5.91 Å². The summed E-state index contributed by atoms with van der Waals surface area (Å²) in [5.41, 5.74) is 2.10. The number of amides is 2. The topological polar surface area (TPSA) is 58.6 Å². The minimum atomic E-state index is -0.566. The van der Waals surface area contributed by atoms with Crippen LogP contribution in [0, 0.1) is 0 Å². The van der Waals surface area contributed by atoms with Crippen molar-refractivity contribution in [2.75, 3.05) is 13.2 Å². The van der Waals surface area contributed by atoms with Crippen molar-refractivity contribution in [3.05, 3.63) is 64.7 Å². The standard InChI is InChI=1S/C23H29ClN2O3/c1-4-17-9-13-20(14-10-17)29-16-22(27)26(21(5-2)23(28)25-6-3)15-18-7-11-19(24)12-8-18/h7-14,21H,4-6,15-16H2,1-3H3,(H,25,28)/t21-/m1/s1. The first-order valence-electron chi connectivity index (χ1n) is 10.0. The average Bonchev–Trinajstić information content (AvgIpc) is 2.73. The maximum atomic E-state index is 13.0. The van der Waals surface area contributed by atoms with Crippen LogP contribution >= 0.6 is 11.6 Å². The fourth-order valence-electron chi connectivity index (χ4n) is 3.05. The summed E-state index contributed by atoms with van der Waals surface area (Å²) in [7, 11) is 0. The lowest BCUT2D eigenvalue weighted by molar-refractivity contribution is -0.142. The number of likely N-dealkylation sites (N-methyl/N-ethyl adjacent to an activating group) is 1. The van der Waals surface area contributed by atoms with Crippen molar-refractivity contribution in [3.63, 3.8) is 0 Å². The Morgan fingerprint density at radius 1 is 1.00 bits per heavy atom. The Balaban J connectivity index is 2.15. The van der Waals surface area contributed by atoms with E-state index in [-0.39, 0.29) is 18.4 Å². The average molecular weight is 417 g/mol. The molecule has 0 aromatic heterocycles. The van der Waals surface area contributed by atoms with Crippen molar-refractivity contribution in [3.8, 4) is 5.75 Å². The third-order valence-corrected chi connectivity index (χ3v) is 4.95. The molecule has 2 rings (SSSR count). The first kappa shape index (κ1) is 22.8. The molecule has 0 radical (unpaired) electrons. The Bertz CT molecular complexity index is 791. The van der Waals surface area contributed by atoms with E-state index in [1.807, 2.05) is 50.2 Å². The van der Waals surface area contributed by atoms with E-state index in [0.29, 0.717) is 30.3 Å². The summed E-state index contributed by atoms with van der Waals surface area (Å²) in [5.74, 6) is 0.232. The van der Waals surface area contributed by atoms with Gasteiger partial charge in [0.05, 0.1) is 0 Å². The third kappa shape index (κ3) is 6.79. The van der Waals surface area contributed by atoms with Crippen LogP contribution in [0.2, 0.25) is 5.02 Å². The normalized spacial score (nSPS) is 11.6. The van der Waals surface area contributed by atoms with Gasteiger partial charge in [0, 0.05) is 18.1 Å². The molecule has 1 atom stereocenters.